The molecule has 0 aliphatic heterocycles. The van der Waals surface area contributed by atoms with Gasteiger partial charge >= 0.3 is 30.0 Å². The van der Waals surface area contributed by atoms with Crippen LogP contribution in [0.2, 0.25) is 0 Å². The van der Waals surface area contributed by atoms with E-state index in [-0.39, 0.29) is 57.1 Å². The lowest BCUT2D eigenvalue weighted by Crippen LogP contribution is -2.40. The summed E-state index contributed by atoms with van der Waals surface area (Å²) in [5.74, 6) is -1.48. The molecule has 574 valence electrons. The summed E-state index contributed by atoms with van der Waals surface area (Å²) < 4.78 is 50.8. The minimum Gasteiger partial charge on any atom is -0.756 e. The third-order valence-corrected chi connectivity index (χ3v) is 19.2. The second-order valence-electron chi connectivity index (χ2n) is 30.4. The number of ether oxygens (including phenoxy) is 5. The van der Waals surface area contributed by atoms with Gasteiger partial charge in [0.1, 0.15) is 32.0 Å². The molecule has 0 heterocycles. The van der Waals surface area contributed by atoms with Crippen LogP contribution in [0.3, 0.4) is 0 Å². The van der Waals surface area contributed by atoms with Crippen LogP contribution >= 0.6 is 7.82 Å². The fraction of sp³-hybridized carbons (Fsp3) is 0.938. The van der Waals surface area contributed by atoms with Gasteiger partial charge in [0.05, 0.1) is 34.3 Å². The fourth-order valence-corrected chi connectivity index (χ4v) is 12.8. The average Bonchev–Trinajstić information content (AvgIpc) is 1.32. The monoisotopic (exact) mass is 1400 g/mol. The molecule has 0 fully saturated rings. The van der Waals surface area contributed by atoms with E-state index in [0.717, 1.165) is 77.0 Å². The molecule has 0 rings (SSSR count). The largest absolute Gasteiger partial charge is 0.756 e. The summed E-state index contributed by atoms with van der Waals surface area (Å²) in [6.07, 6.45) is 64.9. The number of hydrogen-bond acceptors (Lipinski definition) is 14. The Morgan fingerprint density at radius 2 is 0.608 bits per heavy atom. The topological polar surface area (TPSA) is 202 Å². The Kier molecular flexibility index (Phi) is 65.8. The number of phosphoric ester groups is 1. The molecule has 1 N–H and O–H groups in total. The van der Waals surface area contributed by atoms with Crippen LogP contribution in [0.4, 0.5) is 4.79 Å². The molecular formula is C80H155N2O14P. The Morgan fingerprint density at radius 3 is 0.876 bits per heavy atom. The number of quaternary nitrogens is 1. The van der Waals surface area contributed by atoms with E-state index in [1.807, 2.05) is 21.1 Å². The van der Waals surface area contributed by atoms with E-state index < -0.39 is 44.3 Å². The van der Waals surface area contributed by atoms with Crippen LogP contribution in [0, 0.1) is 0 Å². The molecule has 0 saturated carbocycles. The highest BCUT2D eigenvalue weighted by Crippen LogP contribution is 2.38. The van der Waals surface area contributed by atoms with Crippen molar-refractivity contribution >= 4 is 37.8 Å². The maximum absolute atomic E-state index is 12.9. The molecule has 0 aromatic carbocycles. The smallest absolute Gasteiger partial charge is 0.407 e. The lowest BCUT2D eigenvalue weighted by molar-refractivity contribution is -0.870. The molecule has 97 heavy (non-hydrogen) atoms. The van der Waals surface area contributed by atoms with Gasteiger partial charge in [0.15, 0.2) is 12.2 Å². The van der Waals surface area contributed by atoms with Crippen molar-refractivity contribution < 1.29 is 70.6 Å². The molecule has 0 bridgehead atoms. The number of amides is 1. The Labute approximate surface area is 596 Å². The first kappa shape index (κ1) is 94.2. The highest BCUT2D eigenvalue weighted by molar-refractivity contribution is 7.45. The predicted molar refractivity (Wildman–Crippen MR) is 397 cm³/mol. The zero-order chi connectivity index (χ0) is 71.5. The van der Waals surface area contributed by atoms with Gasteiger partial charge in [-0.15, -0.1) is 0 Å². The van der Waals surface area contributed by atoms with Gasteiger partial charge in [0.25, 0.3) is 7.82 Å². The van der Waals surface area contributed by atoms with Crippen molar-refractivity contribution in [2.75, 3.05) is 60.7 Å². The molecule has 16 nitrogen and oxygen atoms in total. The first-order valence-corrected chi connectivity index (χ1v) is 42.3. The lowest BCUT2D eigenvalue weighted by Gasteiger charge is -2.28. The van der Waals surface area contributed by atoms with Gasteiger partial charge in [0, 0.05) is 25.7 Å². The molecule has 0 spiro atoms. The van der Waals surface area contributed by atoms with Crippen molar-refractivity contribution in [3.63, 3.8) is 0 Å². The number of alkyl carbamates (subject to hydrolysis) is 1. The van der Waals surface area contributed by atoms with Gasteiger partial charge < -0.3 is 47.4 Å². The first-order chi connectivity index (χ1) is 46.7. The maximum Gasteiger partial charge on any atom is 0.407 e. The molecule has 0 aliphatic carbocycles. The van der Waals surface area contributed by atoms with E-state index in [2.05, 4.69) is 19.2 Å². The average molecular weight is 1400 g/mol. The number of nitrogens with one attached hydrogen (secondary N) is 1. The Hall–Kier alpha value is -2.78. The van der Waals surface area contributed by atoms with Crippen LogP contribution in [0.5, 0.6) is 0 Å². The highest BCUT2D eigenvalue weighted by Gasteiger charge is 2.24. The molecule has 0 aromatic heterocycles. The Bertz CT molecular complexity index is 1860. The van der Waals surface area contributed by atoms with Crippen LogP contribution in [0.25, 0.3) is 0 Å². The van der Waals surface area contributed by atoms with Crippen molar-refractivity contribution in [2.45, 2.75) is 425 Å². The maximum atomic E-state index is 12.9. The van der Waals surface area contributed by atoms with Crippen LogP contribution in [-0.2, 0) is 56.5 Å². The van der Waals surface area contributed by atoms with E-state index in [0.29, 0.717) is 30.3 Å². The Balaban J connectivity index is 4.00. The van der Waals surface area contributed by atoms with E-state index in [9.17, 15) is 33.4 Å². The van der Waals surface area contributed by atoms with Crippen LogP contribution in [0.1, 0.15) is 407 Å². The number of esters is 4. The first-order valence-electron chi connectivity index (χ1n) is 40.8. The number of carbonyl (C=O) groups is 5. The number of nitrogens with zero attached hydrogens (tertiary/aromatic N) is 1. The number of phosphoric acid groups is 1. The van der Waals surface area contributed by atoms with E-state index in [1.54, 1.807) is 20.8 Å². The summed E-state index contributed by atoms with van der Waals surface area (Å²) in [7, 11) is 1.15. The van der Waals surface area contributed by atoms with Crippen molar-refractivity contribution in [2.24, 2.45) is 0 Å². The van der Waals surface area contributed by atoms with Crippen molar-refractivity contribution in [3.8, 4) is 0 Å². The normalized spacial score (nSPS) is 13.1. The molecule has 0 saturated heterocycles. The van der Waals surface area contributed by atoms with Crippen molar-refractivity contribution in [3.05, 3.63) is 0 Å². The van der Waals surface area contributed by atoms with E-state index in [1.165, 1.54) is 263 Å². The number of likely N-dealkylation sites (N-methyl/N-ethyl adjacent to an activating group) is 1. The SMILES string of the molecule is CCCCCCCCCCCCCCCC(=O)OC[C@H](COP(=O)([O-])OCC[N+](C)(C)C)OC(=O)CCCCCCCCCCCCCCCCCCCCCCCCCCCCCCC(=O)O[C@@H](CNC(=O)OC(C)(C)C)COC(=O)CCCCCCCCCCCCCCC. The quantitative estimate of drug-likeness (QED) is 0.0198. The van der Waals surface area contributed by atoms with E-state index in [4.69, 9.17) is 32.7 Å². The van der Waals surface area contributed by atoms with Gasteiger partial charge in [0.2, 0.25) is 0 Å². The minimum atomic E-state index is -4.65. The number of hydrogen-bond donors (Lipinski definition) is 1. The molecule has 0 radical (unpaired) electrons. The Morgan fingerprint density at radius 1 is 0.361 bits per heavy atom. The van der Waals surface area contributed by atoms with Crippen LogP contribution in [0.15, 0.2) is 0 Å². The standard InChI is InChI=1S/C80H155N2O14P/c1-9-11-13-15-17-19-21-39-43-47-51-55-59-63-75(83)90-70-73(69-81-79(87)96-80(3,4)5)94-77(85)65-61-57-53-49-45-41-37-35-33-31-29-27-25-23-24-26-28-30-32-34-36-38-42-46-50-54-58-62-66-78(86)95-74(72-93-97(88,89)92-68-67-82(6,7)8)71-91-76(84)64-60-56-52-48-44-40-22-20-18-16-14-12-10-2/h73-74H,9-72H2,1-8H3,(H-,81,87,88,89)/t73-,74+/m0/s1. The summed E-state index contributed by atoms with van der Waals surface area (Å²) in [4.78, 5) is 75.7. The summed E-state index contributed by atoms with van der Waals surface area (Å²) in [6.45, 7) is 9.49. The fourth-order valence-electron chi connectivity index (χ4n) is 12.1. The third-order valence-electron chi connectivity index (χ3n) is 18.2. The third kappa shape index (κ3) is 74.2. The summed E-state index contributed by atoms with van der Waals surface area (Å²) in [5.41, 5.74) is -0.658. The molecule has 1 amide bonds. The van der Waals surface area contributed by atoms with E-state index >= 15 is 0 Å². The lowest BCUT2D eigenvalue weighted by atomic mass is 10.0. The van der Waals surface area contributed by atoms with Gasteiger partial charge in [-0.1, -0.05) is 335 Å². The molecule has 0 aliphatic rings. The van der Waals surface area contributed by atoms with Gasteiger partial charge in [-0.25, -0.2) is 4.79 Å². The number of unbranched alkanes of at least 4 members (excludes halogenated alkanes) is 51. The zero-order valence-corrected chi connectivity index (χ0v) is 65.4. The molecular weight excluding hydrogens is 1240 g/mol. The second-order valence-corrected chi connectivity index (χ2v) is 31.9. The highest BCUT2D eigenvalue weighted by atomic mass is 31.2. The van der Waals surface area contributed by atoms with Crippen LogP contribution < -0.4 is 10.2 Å². The second kappa shape index (κ2) is 67.7. The number of carbonyl (C=O) groups excluding carboxylic acids is 5. The number of rotatable bonds is 74. The van der Waals surface area contributed by atoms with Crippen molar-refractivity contribution in [1.29, 1.82) is 0 Å². The molecule has 1 unspecified atom stereocenters. The molecule has 0 aromatic rings. The van der Waals surface area contributed by atoms with Crippen LogP contribution in [-0.4, -0.2) is 113 Å². The zero-order valence-electron chi connectivity index (χ0n) is 64.5. The molecule has 17 heteroatoms. The minimum absolute atomic E-state index is 0.0144. The summed E-state index contributed by atoms with van der Waals surface area (Å²) >= 11 is 0. The van der Waals surface area contributed by atoms with Gasteiger partial charge in [-0.2, -0.15) is 0 Å². The van der Waals surface area contributed by atoms with Crippen molar-refractivity contribution in [1.82, 2.24) is 5.32 Å². The molecule has 3 atom stereocenters. The van der Waals surface area contributed by atoms with Gasteiger partial charge in [-0.3, -0.25) is 23.7 Å². The van der Waals surface area contributed by atoms with Gasteiger partial charge in [-0.05, 0) is 46.5 Å². The summed E-state index contributed by atoms with van der Waals surface area (Å²) in [6, 6.07) is 0. The summed E-state index contributed by atoms with van der Waals surface area (Å²) in [5, 5.41) is 2.67. The predicted octanol–water partition coefficient (Wildman–Crippen LogP) is 22.3.